The van der Waals surface area contributed by atoms with Crippen LogP contribution in [0.3, 0.4) is 0 Å². The van der Waals surface area contributed by atoms with Gasteiger partial charge in [0, 0.05) is 30.8 Å². The van der Waals surface area contributed by atoms with Crippen molar-refractivity contribution in [3.63, 3.8) is 0 Å². The van der Waals surface area contributed by atoms with Crippen molar-refractivity contribution in [2.24, 2.45) is 0 Å². The summed E-state index contributed by atoms with van der Waals surface area (Å²) in [5, 5.41) is 0.780. The number of hydrogen-bond acceptors (Lipinski definition) is 3. The highest BCUT2D eigenvalue weighted by atomic mass is 32.2. The molecule has 0 unspecified atom stereocenters. The average molecular weight is 329 g/mol. The van der Waals surface area contributed by atoms with E-state index < -0.39 is 10.2 Å². The molecule has 0 heterocycles. The molecule has 1 N–H and O–H groups in total. The Kier molecular flexibility index (Phi) is 6.10. The molecule has 118 valence electrons. The zero-order chi connectivity index (χ0) is 15.3. The lowest BCUT2D eigenvalue weighted by Crippen LogP contribution is -2.36. The zero-order valence-electron chi connectivity index (χ0n) is 12.7. The van der Waals surface area contributed by atoms with Gasteiger partial charge in [-0.2, -0.15) is 12.7 Å². The van der Waals surface area contributed by atoms with Crippen LogP contribution in [-0.4, -0.2) is 38.6 Å². The molecule has 1 aromatic rings. The summed E-state index contributed by atoms with van der Waals surface area (Å²) in [5.41, 5.74) is 1.16. The molecule has 0 saturated heterocycles. The summed E-state index contributed by atoms with van der Waals surface area (Å²) in [4.78, 5) is 1.32. The molecular formula is C15H24N2O2S2. The van der Waals surface area contributed by atoms with Gasteiger partial charge in [-0.15, -0.1) is 11.8 Å². The van der Waals surface area contributed by atoms with Gasteiger partial charge < -0.3 is 0 Å². The Hall–Kier alpha value is -0.560. The van der Waals surface area contributed by atoms with E-state index in [0.717, 1.165) is 10.8 Å². The van der Waals surface area contributed by atoms with Crippen LogP contribution in [0.2, 0.25) is 0 Å². The van der Waals surface area contributed by atoms with Crippen LogP contribution in [0.5, 0.6) is 0 Å². The Morgan fingerprint density at radius 2 is 1.81 bits per heavy atom. The van der Waals surface area contributed by atoms with Crippen LogP contribution in [0.15, 0.2) is 29.2 Å². The van der Waals surface area contributed by atoms with Crippen molar-refractivity contribution in [3.05, 3.63) is 29.8 Å². The average Bonchev–Trinajstić information content (AvgIpc) is 2.93. The van der Waals surface area contributed by atoms with Crippen LogP contribution < -0.4 is 4.72 Å². The predicted octanol–water partition coefficient (Wildman–Crippen LogP) is 2.66. The van der Waals surface area contributed by atoms with Crippen LogP contribution >= 0.6 is 11.8 Å². The van der Waals surface area contributed by atoms with Crippen LogP contribution in [-0.2, 0) is 16.6 Å². The molecule has 6 heteroatoms. The van der Waals surface area contributed by atoms with E-state index in [1.807, 2.05) is 11.8 Å². The van der Waals surface area contributed by atoms with Crippen molar-refractivity contribution in [1.29, 1.82) is 0 Å². The van der Waals surface area contributed by atoms with Crippen LogP contribution in [0.25, 0.3) is 0 Å². The standard InChI is InChI=1S/C15H24N2O2S2/c1-17(2)21(18,19)16-12-11-13-7-9-15(10-8-13)20-14-5-3-4-6-14/h7-10,14,16H,3-6,11-12H2,1-2H3. The quantitative estimate of drug-likeness (QED) is 0.837. The lowest BCUT2D eigenvalue weighted by molar-refractivity contribution is 0.506. The van der Waals surface area contributed by atoms with Gasteiger partial charge in [0.1, 0.15) is 0 Å². The Morgan fingerprint density at radius 3 is 2.38 bits per heavy atom. The monoisotopic (exact) mass is 328 g/mol. The molecule has 4 nitrogen and oxygen atoms in total. The lowest BCUT2D eigenvalue weighted by Gasteiger charge is -2.12. The highest BCUT2D eigenvalue weighted by Gasteiger charge is 2.16. The largest absolute Gasteiger partial charge is 0.278 e. The Labute approximate surface area is 132 Å². The minimum atomic E-state index is -3.31. The second kappa shape index (κ2) is 7.63. The van der Waals surface area contributed by atoms with Crippen molar-refractivity contribution in [1.82, 2.24) is 9.03 Å². The molecule has 0 radical (unpaired) electrons. The molecule has 1 fully saturated rings. The van der Waals surface area contributed by atoms with E-state index in [0.29, 0.717) is 13.0 Å². The van der Waals surface area contributed by atoms with E-state index in [9.17, 15) is 8.42 Å². The summed E-state index contributed by atoms with van der Waals surface area (Å²) in [6.45, 7) is 0.426. The second-order valence-electron chi connectivity index (χ2n) is 5.60. The number of nitrogens with zero attached hydrogens (tertiary/aromatic N) is 1. The number of benzene rings is 1. The van der Waals surface area contributed by atoms with Crippen LogP contribution in [0.1, 0.15) is 31.2 Å². The fourth-order valence-corrected chi connectivity index (χ4v) is 4.25. The summed E-state index contributed by atoms with van der Waals surface area (Å²) < 4.78 is 26.9. The van der Waals surface area contributed by atoms with Gasteiger partial charge in [-0.3, -0.25) is 0 Å². The molecule has 1 aliphatic rings. The fraction of sp³-hybridized carbons (Fsp3) is 0.600. The van der Waals surface area contributed by atoms with E-state index >= 15 is 0 Å². The lowest BCUT2D eigenvalue weighted by atomic mass is 10.2. The van der Waals surface area contributed by atoms with Gasteiger partial charge in [0.25, 0.3) is 10.2 Å². The van der Waals surface area contributed by atoms with E-state index in [2.05, 4.69) is 29.0 Å². The SMILES string of the molecule is CN(C)S(=O)(=O)NCCc1ccc(SC2CCCC2)cc1. The molecule has 0 amide bonds. The minimum absolute atomic E-state index is 0.426. The molecule has 0 atom stereocenters. The summed E-state index contributed by atoms with van der Waals surface area (Å²) in [6, 6.07) is 8.50. The number of nitrogens with one attached hydrogen (secondary N) is 1. The first-order chi connectivity index (χ1) is 9.97. The maximum Gasteiger partial charge on any atom is 0.278 e. The molecule has 0 aromatic heterocycles. The van der Waals surface area contributed by atoms with Gasteiger partial charge in [0.2, 0.25) is 0 Å². The van der Waals surface area contributed by atoms with E-state index in [1.54, 1.807) is 0 Å². The summed E-state index contributed by atoms with van der Waals surface area (Å²) in [6.07, 6.45) is 6.10. The van der Waals surface area contributed by atoms with E-state index in [4.69, 9.17) is 0 Å². The summed E-state index contributed by atoms with van der Waals surface area (Å²) in [7, 11) is -0.263. The zero-order valence-corrected chi connectivity index (χ0v) is 14.3. The Bertz CT molecular complexity index is 535. The predicted molar refractivity (Wildman–Crippen MR) is 88.9 cm³/mol. The third-order valence-electron chi connectivity index (χ3n) is 3.71. The first-order valence-corrected chi connectivity index (χ1v) is 9.72. The van der Waals surface area contributed by atoms with Gasteiger partial charge in [-0.05, 0) is 37.0 Å². The van der Waals surface area contributed by atoms with Crippen LogP contribution in [0.4, 0.5) is 0 Å². The highest BCUT2D eigenvalue weighted by Crippen LogP contribution is 2.34. The summed E-state index contributed by atoms with van der Waals surface area (Å²) >= 11 is 1.97. The number of hydrogen-bond donors (Lipinski definition) is 1. The molecule has 1 aromatic carbocycles. The molecular weight excluding hydrogens is 304 g/mol. The Morgan fingerprint density at radius 1 is 1.19 bits per heavy atom. The van der Waals surface area contributed by atoms with E-state index in [-0.39, 0.29) is 0 Å². The summed E-state index contributed by atoms with van der Waals surface area (Å²) in [5.74, 6) is 0. The van der Waals surface area contributed by atoms with Crippen molar-refractivity contribution < 1.29 is 8.42 Å². The first kappa shape index (κ1) is 16.8. The van der Waals surface area contributed by atoms with Crippen molar-refractivity contribution >= 4 is 22.0 Å². The molecule has 0 aliphatic heterocycles. The number of thioether (sulfide) groups is 1. The van der Waals surface area contributed by atoms with Gasteiger partial charge >= 0.3 is 0 Å². The molecule has 2 rings (SSSR count). The van der Waals surface area contributed by atoms with Gasteiger partial charge in [0.15, 0.2) is 0 Å². The highest BCUT2D eigenvalue weighted by molar-refractivity contribution is 8.00. The van der Waals surface area contributed by atoms with Crippen molar-refractivity contribution in [2.45, 2.75) is 42.2 Å². The molecule has 1 saturated carbocycles. The fourth-order valence-electron chi connectivity index (χ4n) is 2.39. The van der Waals surface area contributed by atoms with Gasteiger partial charge in [0.05, 0.1) is 0 Å². The molecule has 21 heavy (non-hydrogen) atoms. The Balaban J connectivity index is 1.79. The van der Waals surface area contributed by atoms with E-state index in [1.165, 1.54) is 49.0 Å². The second-order valence-corrected chi connectivity index (χ2v) is 8.94. The third-order valence-corrected chi connectivity index (χ3v) is 6.59. The van der Waals surface area contributed by atoms with Gasteiger partial charge in [-0.25, -0.2) is 4.72 Å². The molecule has 0 bridgehead atoms. The normalized spacial score (nSPS) is 16.7. The maximum atomic E-state index is 11.6. The number of rotatable bonds is 7. The molecule has 0 spiro atoms. The van der Waals surface area contributed by atoms with Crippen molar-refractivity contribution in [2.75, 3.05) is 20.6 Å². The van der Waals surface area contributed by atoms with Crippen LogP contribution in [0, 0.1) is 0 Å². The minimum Gasteiger partial charge on any atom is -0.202 e. The first-order valence-electron chi connectivity index (χ1n) is 7.40. The topological polar surface area (TPSA) is 49.4 Å². The smallest absolute Gasteiger partial charge is 0.202 e. The third kappa shape index (κ3) is 5.29. The van der Waals surface area contributed by atoms with Gasteiger partial charge in [-0.1, -0.05) is 25.0 Å². The van der Waals surface area contributed by atoms with Crippen molar-refractivity contribution in [3.8, 4) is 0 Å². The molecule has 1 aliphatic carbocycles. The maximum absolute atomic E-state index is 11.6.